The minimum atomic E-state index is -4.82. The molecule has 1 aromatic carbocycles. The zero-order chi connectivity index (χ0) is 9.90. The van der Waals surface area contributed by atoms with E-state index in [4.69, 9.17) is 0 Å². The fourth-order valence-electron chi connectivity index (χ4n) is 0.898. The molecule has 14 heavy (non-hydrogen) atoms. The fraction of sp³-hybridized carbons (Fsp3) is 0.111. The minimum Gasteiger partial charge on any atom is -0.445 e. The van der Waals surface area contributed by atoms with E-state index in [0.717, 1.165) is 11.6 Å². The smallest absolute Gasteiger partial charge is 0.445 e. The maximum Gasteiger partial charge on any atom is 1.00 e. The summed E-state index contributed by atoms with van der Waals surface area (Å²) in [7, 11) is 0. The largest absolute Gasteiger partial charge is 1.00 e. The van der Waals surface area contributed by atoms with Gasteiger partial charge in [-0.1, -0.05) is 35.9 Å². The van der Waals surface area contributed by atoms with Gasteiger partial charge in [-0.2, -0.15) is 0 Å². The predicted octanol–water partition coefficient (Wildman–Crippen LogP) is 0.399. The molecule has 0 heterocycles. The Hall–Kier alpha value is 0.451. The van der Waals surface area contributed by atoms with Gasteiger partial charge in [0, 0.05) is 0 Å². The number of aryl methyl sites for hydroxylation is 1. The van der Waals surface area contributed by atoms with Crippen LogP contribution in [0.25, 0.3) is 6.08 Å². The number of benzene rings is 1. The Kier molecular flexibility index (Phi) is 6.32. The minimum absolute atomic E-state index is 0. The van der Waals surface area contributed by atoms with Crippen molar-refractivity contribution in [2.75, 3.05) is 0 Å². The molecule has 1 aromatic rings. The SMILES string of the molecule is Cc1ccc(/C=C/[B-](F)(F)F)cc1.[K+]. The molecule has 0 aliphatic rings. The molecule has 70 valence electrons. The molecule has 1 rings (SSSR count). The van der Waals surface area contributed by atoms with Gasteiger partial charge in [0.25, 0.3) is 0 Å². The molecule has 0 fully saturated rings. The number of hydrogen-bond acceptors (Lipinski definition) is 0. The van der Waals surface area contributed by atoms with Gasteiger partial charge in [0.1, 0.15) is 0 Å². The molecule has 0 saturated heterocycles. The molecule has 0 radical (unpaired) electrons. The van der Waals surface area contributed by atoms with Crippen molar-refractivity contribution in [3.05, 3.63) is 41.4 Å². The van der Waals surface area contributed by atoms with Gasteiger partial charge in [0.15, 0.2) is 0 Å². The fourth-order valence-corrected chi connectivity index (χ4v) is 0.898. The number of halogens is 3. The third-order valence-corrected chi connectivity index (χ3v) is 1.58. The van der Waals surface area contributed by atoms with Gasteiger partial charge in [-0.15, -0.1) is 5.98 Å². The van der Waals surface area contributed by atoms with E-state index in [9.17, 15) is 12.9 Å². The van der Waals surface area contributed by atoms with Gasteiger partial charge in [0.05, 0.1) is 0 Å². The molecule has 0 amide bonds. The molecule has 0 aliphatic heterocycles. The van der Waals surface area contributed by atoms with E-state index in [1.54, 1.807) is 24.3 Å². The number of hydrogen-bond donors (Lipinski definition) is 0. The zero-order valence-electron chi connectivity index (χ0n) is 8.18. The van der Waals surface area contributed by atoms with Crippen LogP contribution in [0.1, 0.15) is 11.1 Å². The molecule has 0 saturated carbocycles. The second-order valence-corrected chi connectivity index (χ2v) is 2.90. The third-order valence-electron chi connectivity index (χ3n) is 1.58. The summed E-state index contributed by atoms with van der Waals surface area (Å²) in [4.78, 5) is 0. The van der Waals surface area contributed by atoms with Crippen LogP contribution in [0.3, 0.4) is 0 Å². The monoisotopic (exact) mass is 224 g/mol. The van der Waals surface area contributed by atoms with Crippen molar-refractivity contribution >= 4 is 13.1 Å². The van der Waals surface area contributed by atoms with E-state index in [1.807, 2.05) is 6.92 Å². The Morgan fingerprint density at radius 3 is 2.00 bits per heavy atom. The van der Waals surface area contributed by atoms with Gasteiger partial charge >= 0.3 is 58.4 Å². The Morgan fingerprint density at radius 2 is 1.57 bits per heavy atom. The van der Waals surface area contributed by atoms with Crippen LogP contribution in [0, 0.1) is 6.92 Å². The van der Waals surface area contributed by atoms with E-state index in [0.29, 0.717) is 11.5 Å². The Balaban J connectivity index is 0.00000169. The van der Waals surface area contributed by atoms with Crippen LogP contribution in [0.15, 0.2) is 30.2 Å². The summed E-state index contributed by atoms with van der Waals surface area (Å²) in [5, 5.41) is 0. The first kappa shape index (κ1) is 14.5. The van der Waals surface area contributed by atoms with Gasteiger partial charge in [-0.25, -0.2) is 0 Å². The van der Waals surface area contributed by atoms with Gasteiger partial charge in [0.2, 0.25) is 0 Å². The quantitative estimate of drug-likeness (QED) is 0.638. The van der Waals surface area contributed by atoms with E-state index < -0.39 is 6.98 Å². The predicted molar refractivity (Wildman–Crippen MR) is 49.3 cm³/mol. The average molecular weight is 224 g/mol. The zero-order valence-corrected chi connectivity index (χ0v) is 11.3. The summed E-state index contributed by atoms with van der Waals surface area (Å²) in [6.07, 6.45) is 1.08. The first-order chi connectivity index (χ1) is 5.97. The summed E-state index contributed by atoms with van der Waals surface area (Å²) in [6.45, 7) is -2.93. The van der Waals surface area contributed by atoms with Crippen molar-refractivity contribution < 1.29 is 64.3 Å². The van der Waals surface area contributed by atoms with Crippen LogP contribution in [0.5, 0.6) is 0 Å². The summed E-state index contributed by atoms with van der Waals surface area (Å²) < 4.78 is 35.4. The van der Waals surface area contributed by atoms with Crippen LogP contribution in [0.4, 0.5) is 12.9 Å². The second-order valence-electron chi connectivity index (χ2n) is 2.90. The molecule has 0 spiro atoms. The summed E-state index contributed by atoms with van der Waals surface area (Å²) in [5.41, 5.74) is 1.61. The topological polar surface area (TPSA) is 0 Å². The summed E-state index contributed by atoms with van der Waals surface area (Å²) >= 11 is 0. The van der Waals surface area contributed by atoms with E-state index in [-0.39, 0.29) is 51.4 Å². The molecule has 0 N–H and O–H groups in total. The molecule has 0 aliphatic carbocycles. The first-order valence-corrected chi connectivity index (χ1v) is 3.93. The maximum atomic E-state index is 11.8. The van der Waals surface area contributed by atoms with Gasteiger partial charge in [-0.05, 0) is 12.5 Å². The van der Waals surface area contributed by atoms with Crippen LogP contribution in [-0.2, 0) is 0 Å². The van der Waals surface area contributed by atoms with E-state index >= 15 is 0 Å². The van der Waals surface area contributed by atoms with Crippen LogP contribution >= 0.6 is 0 Å². The number of rotatable bonds is 2. The molecule has 0 bridgehead atoms. The molecule has 0 nitrogen and oxygen atoms in total. The molecule has 0 aromatic heterocycles. The average Bonchev–Trinajstić information content (AvgIpc) is 2.02. The van der Waals surface area contributed by atoms with Crippen LogP contribution in [0.2, 0.25) is 0 Å². The Morgan fingerprint density at radius 1 is 1.07 bits per heavy atom. The molecule has 0 atom stereocenters. The molecular formula is C9H9BF3K. The summed E-state index contributed by atoms with van der Waals surface area (Å²) in [5.74, 6) is 0.296. The molecule has 0 unspecified atom stereocenters. The maximum absolute atomic E-state index is 11.8. The molecular weight excluding hydrogens is 215 g/mol. The van der Waals surface area contributed by atoms with Gasteiger partial charge < -0.3 is 12.9 Å². The first-order valence-electron chi connectivity index (χ1n) is 3.93. The van der Waals surface area contributed by atoms with Crippen LogP contribution < -0.4 is 51.4 Å². The Bertz CT molecular complexity index is 303. The molecule has 5 heteroatoms. The second kappa shape index (κ2) is 6.13. The van der Waals surface area contributed by atoms with E-state index in [2.05, 4.69) is 0 Å². The van der Waals surface area contributed by atoms with Crippen molar-refractivity contribution in [3.8, 4) is 0 Å². The normalized spacial score (nSPS) is 11.4. The third kappa shape index (κ3) is 6.03. The van der Waals surface area contributed by atoms with Crippen LogP contribution in [-0.4, -0.2) is 6.98 Å². The Labute approximate surface area is 124 Å². The van der Waals surface area contributed by atoms with Gasteiger partial charge in [-0.3, -0.25) is 0 Å². The van der Waals surface area contributed by atoms with E-state index in [1.165, 1.54) is 0 Å². The standard InChI is InChI=1S/C9H9BF3.K/c1-8-2-4-9(5-3-8)6-7-10(11,12)13;/h2-7H,1H3;/q-1;+1/b7-6+;. The van der Waals surface area contributed by atoms with Crippen molar-refractivity contribution in [1.29, 1.82) is 0 Å². The van der Waals surface area contributed by atoms with Crippen molar-refractivity contribution in [2.24, 2.45) is 0 Å². The van der Waals surface area contributed by atoms with Crippen molar-refractivity contribution in [3.63, 3.8) is 0 Å². The van der Waals surface area contributed by atoms with Crippen molar-refractivity contribution in [2.45, 2.75) is 6.92 Å². The summed E-state index contributed by atoms with van der Waals surface area (Å²) in [6, 6.07) is 6.88. The van der Waals surface area contributed by atoms with Crippen molar-refractivity contribution in [1.82, 2.24) is 0 Å².